The molecule has 0 bridgehead atoms. The molecule has 2 atom stereocenters. The minimum Gasteiger partial charge on any atom is -0.317 e. The second-order valence-electron chi connectivity index (χ2n) is 6.89. The Morgan fingerprint density at radius 3 is 2.40 bits per heavy atom. The van der Waals surface area contributed by atoms with Gasteiger partial charge in [0.1, 0.15) is 5.82 Å². The number of halogens is 1. The minimum absolute atomic E-state index is 0.0629. The Labute approximate surface area is 122 Å². The fourth-order valence-corrected chi connectivity index (χ4v) is 4.08. The summed E-state index contributed by atoms with van der Waals surface area (Å²) in [6, 6.07) is 5.55. The Morgan fingerprint density at radius 1 is 1.05 bits per heavy atom. The van der Waals surface area contributed by atoms with Gasteiger partial charge in [-0.2, -0.15) is 0 Å². The molecule has 2 unspecified atom stereocenters. The third kappa shape index (κ3) is 2.63. The van der Waals surface area contributed by atoms with Crippen LogP contribution in [0.4, 0.5) is 4.39 Å². The van der Waals surface area contributed by atoms with Crippen LogP contribution in [0.5, 0.6) is 0 Å². The summed E-state index contributed by atoms with van der Waals surface area (Å²) in [5, 5.41) is 3.43. The molecule has 2 fully saturated rings. The maximum absolute atomic E-state index is 13.8. The van der Waals surface area contributed by atoms with Crippen LogP contribution >= 0.6 is 0 Å². The Kier molecular flexibility index (Phi) is 4.11. The van der Waals surface area contributed by atoms with Gasteiger partial charge < -0.3 is 5.32 Å². The third-order valence-corrected chi connectivity index (χ3v) is 5.41. The molecule has 1 nitrogen and oxygen atoms in total. The van der Waals surface area contributed by atoms with Crippen molar-refractivity contribution in [1.29, 1.82) is 0 Å². The highest BCUT2D eigenvalue weighted by Gasteiger charge is 2.36. The van der Waals surface area contributed by atoms with Crippen molar-refractivity contribution >= 4 is 0 Å². The molecule has 0 spiro atoms. The largest absolute Gasteiger partial charge is 0.317 e. The first kappa shape index (κ1) is 14.1. The first-order valence-corrected chi connectivity index (χ1v) is 8.17. The quantitative estimate of drug-likeness (QED) is 0.859. The van der Waals surface area contributed by atoms with Gasteiger partial charge in [-0.15, -0.1) is 0 Å². The van der Waals surface area contributed by atoms with Gasteiger partial charge in [0.25, 0.3) is 0 Å². The summed E-state index contributed by atoms with van der Waals surface area (Å²) in [5.41, 5.74) is 2.75. The van der Waals surface area contributed by atoms with E-state index in [0.717, 1.165) is 19.0 Å². The number of hydrogen-bond donors (Lipinski definition) is 1. The fraction of sp³-hybridized carbons (Fsp3) is 0.667. The van der Waals surface area contributed by atoms with Crippen LogP contribution in [0.1, 0.15) is 62.5 Å². The molecular formula is C18H26FN. The number of piperidine rings is 1. The molecule has 110 valence electrons. The van der Waals surface area contributed by atoms with Crippen molar-refractivity contribution in [3.8, 4) is 0 Å². The molecule has 0 radical (unpaired) electrons. The zero-order chi connectivity index (χ0) is 14.1. The first-order chi connectivity index (χ1) is 9.66. The summed E-state index contributed by atoms with van der Waals surface area (Å²) in [7, 11) is 0. The normalized spacial score (nSPS) is 27.6. The monoisotopic (exact) mass is 275 g/mol. The van der Waals surface area contributed by atoms with Gasteiger partial charge >= 0.3 is 0 Å². The molecule has 2 heteroatoms. The van der Waals surface area contributed by atoms with E-state index in [2.05, 4.69) is 25.2 Å². The van der Waals surface area contributed by atoms with Gasteiger partial charge in [-0.05, 0) is 85.7 Å². The van der Waals surface area contributed by atoms with Crippen LogP contribution in [0.3, 0.4) is 0 Å². The average Bonchev–Trinajstić information content (AvgIpc) is 2.38. The number of benzene rings is 1. The van der Waals surface area contributed by atoms with E-state index in [-0.39, 0.29) is 5.82 Å². The highest BCUT2D eigenvalue weighted by Crippen LogP contribution is 2.49. The molecule has 1 aromatic carbocycles. The molecule has 2 aliphatic rings. The first-order valence-electron chi connectivity index (χ1n) is 8.17. The summed E-state index contributed by atoms with van der Waals surface area (Å²) in [6.07, 6.45) is 4.93. The smallest absolute Gasteiger partial charge is 0.123 e. The van der Waals surface area contributed by atoms with Gasteiger partial charge in [0.15, 0.2) is 0 Å². The predicted molar refractivity (Wildman–Crippen MR) is 81.5 cm³/mol. The Bertz CT molecular complexity index is 462. The second kappa shape index (κ2) is 5.85. The SMILES string of the molecule is CC(C)C1CCC1c1cc(F)ccc1C1CCNCC1. The van der Waals surface area contributed by atoms with Crippen LogP contribution in [0.2, 0.25) is 0 Å². The van der Waals surface area contributed by atoms with E-state index >= 15 is 0 Å². The van der Waals surface area contributed by atoms with Gasteiger partial charge in [0.05, 0.1) is 0 Å². The molecule has 20 heavy (non-hydrogen) atoms. The summed E-state index contributed by atoms with van der Waals surface area (Å²) in [5.74, 6) is 2.61. The van der Waals surface area contributed by atoms with E-state index < -0.39 is 0 Å². The minimum atomic E-state index is -0.0629. The van der Waals surface area contributed by atoms with E-state index in [4.69, 9.17) is 0 Å². The second-order valence-corrected chi connectivity index (χ2v) is 6.89. The number of rotatable bonds is 3. The molecule has 1 aromatic rings. The van der Waals surface area contributed by atoms with Crippen molar-refractivity contribution in [3.63, 3.8) is 0 Å². The van der Waals surface area contributed by atoms with Crippen LogP contribution in [-0.2, 0) is 0 Å². The Hall–Kier alpha value is -0.890. The van der Waals surface area contributed by atoms with Crippen molar-refractivity contribution in [2.75, 3.05) is 13.1 Å². The molecule has 0 aromatic heterocycles. The molecule has 1 aliphatic carbocycles. The Morgan fingerprint density at radius 2 is 1.80 bits per heavy atom. The van der Waals surface area contributed by atoms with Crippen molar-refractivity contribution in [2.24, 2.45) is 11.8 Å². The maximum Gasteiger partial charge on any atom is 0.123 e. The highest BCUT2D eigenvalue weighted by molar-refractivity contribution is 5.36. The van der Waals surface area contributed by atoms with Gasteiger partial charge in [-0.3, -0.25) is 0 Å². The lowest BCUT2D eigenvalue weighted by Gasteiger charge is -2.42. The molecule has 1 N–H and O–H groups in total. The lowest BCUT2D eigenvalue weighted by molar-refractivity contribution is 0.185. The topological polar surface area (TPSA) is 12.0 Å². The lowest BCUT2D eigenvalue weighted by Crippen LogP contribution is -2.31. The predicted octanol–water partition coefficient (Wildman–Crippen LogP) is 4.44. The van der Waals surface area contributed by atoms with Crippen LogP contribution in [0.25, 0.3) is 0 Å². The van der Waals surface area contributed by atoms with Crippen molar-refractivity contribution < 1.29 is 4.39 Å². The van der Waals surface area contributed by atoms with Crippen molar-refractivity contribution in [3.05, 3.63) is 35.1 Å². The van der Waals surface area contributed by atoms with Crippen LogP contribution in [-0.4, -0.2) is 13.1 Å². The maximum atomic E-state index is 13.8. The van der Waals surface area contributed by atoms with Crippen molar-refractivity contribution in [2.45, 2.75) is 51.4 Å². The van der Waals surface area contributed by atoms with Crippen LogP contribution < -0.4 is 5.32 Å². The Balaban J connectivity index is 1.90. The molecule has 1 saturated carbocycles. The zero-order valence-corrected chi connectivity index (χ0v) is 12.7. The van der Waals surface area contributed by atoms with E-state index in [9.17, 15) is 4.39 Å². The van der Waals surface area contributed by atoms with Gasteiger partial charge in [0, 0.05) is 0 Å². The molecule has 0 amide bonds. The number of nitrogens with one attached hydrogen (secondary N) is 1. The third-order valence-electron chi connectivity index (χ3n) is 5.41. The lowest BCUT2D eigenvalue weighted by atomic mass is 9.63. The summed E-state index contributed by atoms with van der Waals surface area (Å²) >= 11 is 0. The van der Waals surface area contributed by atoms with Crippen LogP contribution in [0, 0.1) is 17.7 Å². The van der Waals surface area contributed by atoms with Gasteiger partial charge in [0.2, 0.25) is 0 Å². The summed E-state index contributed by atoms with van der Waals surface area (Å²) in [6.45, 7) is 6.81. The fourth-order valence-electron chi connectivity index (χ4n) is 4.08. The van der Waals surface area contributed by atoms with Crippen molar-refractivity contribution in [1.82, 2.24) is 5.32 Å². The van der Waals surface area contributed by atoms with E-state index in [1.54, 1.807) is 6.07 Å². The zero-order valence-electron chi connectivity index (χ0n) is 12.7. The summed E-state index contributed by atoms with van der Waals surface area (Å²) < 4.78 is 13.8. The molecular weight excluding hydrogens is 249 g/mol. The number of hydrogen-bond acceptors (Lipinski definition) is 1. The van der Waals surface area contributed by atoms with Crippen LogP contribution in [0.15, 0.2) is 18.2 Å². The van der Waals surface area contributed by atoms with E-state index in [1.807, 2.05) is 6.07 Å². The van der Waals surface area contributed by atoms with E-state index in [0.29, 0.717) is 17.8 Å². The molecule has 1 aliphatic heterocycles. The van der Waals surface area contributed by atoms with E-state index in [1.165, 1.54) is 36.8 Å². The standard InChI is InChI=1S/C18H26FN/c1-12(2)15-5-6-17(15)18-11-14(19)3-4-16(18)13-7-9-20-10-8-13/h3-4,11-13,15,17,20H,5-10H2,1-2H3. The van der Waals surface area contributed by atoms with Gasteiger partial charge in [-0.25, -0.2) is 4.39 Å². The highest BCUT2D eigenvalue weighted by atomic mass is 19.1. The van der Waals surface area contributed by atoms with Gasteiger partial charge in [-0.1, -0.05) is 19.9 Å². The summed E-state index contributed by atoms with van der Waals surface area (Å²) in [4.78, 5) is 0. The molecule has 3 rings (SSSR count). The molecule has 1 saturated heterocycles. The molecule has 1 heterocycles. The average molecular weight is 275 g/mol.